The Morgan fingerprint density at radius 1 is 0.970 bits per heavy atom. The molecular weight excluding hydrogens is 432 g/mol. The van der Waals surface area contributed by atoms with Gasteiger partial charge in [-0.25, -0.2) is 4.98 Å². The van der Waals surface area contributed by atoms with Gasteiger partial charge in [-0.3, -0.25) is 9.59 Å². The maximum Gasteiger partial charge on any atom is 0.256 e. The molecule has 0 aliphatic heterocycles. The van der Waals surface area contributed by atoms with Crippen LogP contribution >= 0.6 is 11.3 Å². The molecule has 2 aliphatic rings. The minimum absolute atomic E-state index is 0.126. The molecule has 0 spiro atoms. The summed E-state index contributed by atoms with van der Waals surface area (Å²) < 4.78 is 0. The van der Waals surface area contributed by atoms with Gasteiger partial charge in [-0.05, 0) is 85.0 Å². The molecule has 2 aromatic heterocycles. The van der Waals surface area contributed by atoms with Crippen molar-refractivity contribution in [1.82, 2.24) is 9.97 Å². The normalized spacial score (nSPS) is 21.4. The van der Waals surface area contributed by atoms with Crippen molar-refractivity contribution in [3.63, 3.8) is 0 Å². The zero-order chi connectivity index (χ0) is 22.4. The molecule has 3 N–H and O–H groups in total. The largest absolute Gasteiger partial charge is 0.338 e. The highest BCUT2D eigenvalue weighted by atomic mass is 32.1. The molecule has 0 radical (unpaired) electrons. The molecule has 2 aliphatic carbocycles. The standard InChI is InChI=1S/C26H24N4O2S/c31-25(18-9-10-33-14-18)28-20-7-8-22-23(13-20)30-24(29-22)16-3-5-19(6-4-16)27-26(32)21-12-15-1-2-17(21)11-15/h3-10,13-15,17,21H,1-2,11-12H2,(H,27,32)(H,28,31)(H,29,30). The summed E-state index contributed by atoms with van der Waals surface area (Å²) in [6, 6.07) is 15.2. The number of nitrogens with one attached hydrogen (secondary N) is 3. The molecule has 2 fully saturated rings. The maximum absolute atomic E-state index is 12.7. The molecule has 2 bridgehead atoms. The van der Waals surface area contributed by atoms with Crippen molar-refractivity contribution in [3.8, 4) is 11.4 Å². The molecule has 2 amide bonds. The van der Waals surface area contributed by atoms with E-state index in [0.717, 1.165) is 40.4 Å². The number of aromatic amines is 1. The minimum Gasteiger partial charge on any atom is -0.338 e. The SMILES string of the molecule is O=C(Nc1ccc2nc(-c3ccc(NC(=O)C4CC5CCC4C5)cc3)[nH]c2c1)c1ccsc1. The van der Waals surface area contributed by atoms with Crippen molar-refractivity contribution in [2.75, 3.05) is 10.6 Å². The number of hydrogen-bond acceptors (Lipinski definition) is 4. The smallest absolute Gasteiger partial charge is 0.256 e. The molecule has 4 aromatic rings. The molecule has 2 saturated carbocycles. The highest BCUT2D eigenvalue weighted by molar-refractivity contribution is 7.08. The van der Waals surface area contributed by atoms with E-state index in [0.29, 0.717) is 17.2 Å². The van der Waals surface area contributed by atoms with Crippen LogP contribution in [0.4, 0.5) is 11.4 Å². The first kappa shape index (κ1) is 20.2. The predicted molar refractivity (Wildman–Crippen MR) is 131 cm³/mol. The van der Waals surface area contributed by atoms with Crippen molar-refractivity contribution in [2.24, 2.45) is 17.8 Å². The Balaban J connectivity index is 1.15. The number of aromatic nitrogens is 2. The molecule has 0 saturated heterocycles. The van der Waals surface area contributed by atoms with Crippen LogP contribution in [0.2, 0.25) is 0 Å². The Labute approximate surface area is 195 Å². The lowest BCUT2D eigenvalue weighted by molar-refractivity contribution is -0.121. The van der Waals surface area contributed by atoms with E-state index in [9.17, 15) is 9.59 Å². The van der Waals surface area contributed by atoms with Crippen LogP contribution in [-0.4, -0.2) is 21.8 Å². The van der Waals surface area contributed by atoms with Gasteiger partial charge in [0.05, 0.1) is 16.6 Å². The molecule has 7 heteroatoms. The van der Waals surface area contributed by atoms with E-state index in [1.54, 1.807) is 6.07 Å². The fourth-order valence-electron chi connectivity index (χ4n) is 5.33. The summed E-state index contributed by atoms with van der Waals surface area (Å²) in [6.07, 6.45) is 4.77. The summed E-state index contributed by atoms with van der Waals surface area (Å²) in [7, 11) is 0. The number of thiophene rings is 1. The first-order valence-corrected chi connectivity index (χ1v) is 12.3. The summed E-state index contributed by atoms with van der Waals surface area (Å²) in [5, 5.41) is 9.73. The Hall–Kier alpha value is -3.45. The van der Waals surface area contributed by atoms with E-state index in [1.807, 2.05) is 53.2 Å². The van der Waals surface area contributed by atoms with E-state index >= 15 is 0 Å². The van der Waals surface area contributed by atoms with Gasteiger partial charge in [0.1, 0.15) is 5.82 Å². The quantitative estimate of drug-likeness (QED) is 0.348. The summed E-state index contributed by atoms with van der Waals surface area (Å²) >= 11 is 1.49. The van der Waals surface area contributed by atoms with Crippen LogP contribution < -0.4 is 10.6 Å². The van der Waals surface area contributed by atoms with Gasteiger partial charge in [0.15, 0.2) is 0 Å². The Bertz CT molecular complexity index is 1330. The predicted octanol–water partition coefficient (Wildman–Crippen LogP) is 5.92. The maximum atomic E-state index is 12.7. The lowest BCUT2D eigenvalue weighted by Gasteiger charge is -2.20. The number of benzene rings is 2. The summed E-state index contributed by atoms with van der Waals surface area (Å²) in [5.74, 6) is 2.29. The van der Waals surface area contributed by atoms with Crippen molar-refractivity contribution < 1.29 is 9.59 Å². The molecule has 33 heavy (non-hydrogen) atoms. The topological polar surface area (TPSA) is 86.9 Å². The molecular formula is C26H24N4O2S. The van der Waals surface area contributed by atoms with Crippen LogP contribution in [0.15, 0.2) is 59.3 Å². The fraction of sp³-hybridized carbons (Fsp3) is 0.269. The number of nitrogens with zero attached hydrogens (tertiary/aromatic N) is 1. The van der Waals surface area contributed by atoms with Gasteiger partial charge in [-0.1, -0.05) is 6.42 Å². The number of carbonyl (C=O) groups is 2. The van der Waals surface area contributed by atoms with Crippen LogP contribution in [0.3, 0.4) is 0 Å². The van der Waals surface area contributed by atoms with Crippen LogP contribution in [-0.2, 0) is 4.79 Å². The number of H-pyrrole nitrogens is 1. The lowest BCUT2D eigenvalue weighted by Crippen LogP contribution is -2.27. The van der Waals surface area contributed by atoms with Gasteiger partial charge in [0.2, 0.25) is 5.91 Å². The molecule has 3 unspecified atom stereocenters. The van der Waals surface area contributed by atoms with Crippen LogP contribution in [0.1, 0.15) is 36.0 Å². The van der Waals surface area contributed by atoms with Crippen LogP contribution in [0, 0.1) is 17.8 Å². The first-order valence-electron chi connectivity index (χ1n) is 11.4. The summed E-state index contributed by atoms with van der Waals surface area (Å²) in [5.41, 5.74) is 4.80. The van der Waals surface area contributed by atoms with Gasteiger partial charge in [0, 0.05) is 28.2 Å². The molecule has 3 atom stereocenters. The van der Waals surface area contributed by atoms with Gasteiger partial charge < -0.3 is 15.6 Å². The van der Waals surface area contributed by atoms with Crippen molar-refractivity contribution >= 4 is 45.6 Å². The second-order valence-electron chi connectivity index (χ2n) is 9.13. The Morgan fingerprint density at radius 3 is 2.55 bits per heavy atom. The number of fused-ring (bicyclic) bond motifs is 3. The van der Waals surface area contributed by atoms with Crippen molar-refractivity contribution in [3.05, 3.63) is 64.9 Å². The number of imidazole rings is 1. The van der Waals surface area contributed by atoms with Gasteiger partial charge in [-0.2, -0.15) is 11.3 Å². The fourth-order valence-corrected chi connectivity index (χ4v) is 5.97. The number of amides is 2. The van der Waals surface area contributed by atoms with E-state index in [-0.39, 0.29) is 17.7 Å². The second kappa shape index (κ2) is 8.15. The number of hydrogen-bond donors (Lipinski definition) is 3. The third-order valence-corrected chi connectivity index (χ3v) is 7.71. The average molecular weight is 457 g/mol. The molecule has 2 aromatic carbocycles. The number of rotatable bonds is 5. The third-order valence-electron chi connectivity index (χ3n) is 7.02. The van der Waals surface area contributed by atoms with Gasteiger partial charge in [0.25, 0.3) is 5.91 Å². The summed E-state index contributed by atoms with van der Waals surface area (Å²) in [6.45, 7) is 0. The van der Waals surface area contributed by atoms with Crippen molar-refractivity contribution in [1.29, 1.82) is 0 Å². The number of anilines is 2. The first-order chi connectivity index (χ1) is 16.1. The monoisotopic (exact) mass is 456 g/mol. The zero-order valence-electron chi connectivity index (χ0n) is 18.0. The highest BCUT2D eigenvalue weighted by Gasteiger charge is 2.43. The average Bonchev–Trinajstić information content (AvgIpc) is 3.63. The molecule has 6 rings (SSSR count). The lowest BCUT2D eigenvalue weighted by atomic mass is 9.88. The Kier molecular flexibility index (Phi) is 4.99. The van der Waals surface area contributed by atoms with E-state index < -0.39 is 0 Å². The highest BCUT2D eigenvalue weighted by Crippen LogP contribution is 2.48. The molecule has 6 nitrogen and oxygen atoms in total. The van der Waals surface area contributed by atoms with Gasteiger partial charge in [-0.15, -0.1) is 0 Å². The number of carbonyl (C=O) groups excluding carboxylic acids is 2. The van der Waals surface area contributed by atoms with Crippen molar-refractivity contribution in [2.45, 2.75) is 25.7 Å². The molecule has 2 heterocycles. The van der Waals surface area contributed by atoms with Crippen LogP contribution in [0.5, 0.6) is 0 Å². The zero-order valence-corrected chi connectivity index (χ0v) is 18.8. The minimum atomic E-state index is -0.126. The van der Waals surface area contributed by atoms with E-state index in [1.165, 1.54) is 30.6 Å². The Morgan fingerprint density at radius 2 is 1.82 bits per heavy atom. The third kappa shape index (κ3) is 3.93. The van der Waals surface area contributed by atoms with E-state index in [4.69, 9.17) is 0 Å². The van der Waals surface area contributed by atoms with E-state index in [2.05, 4.69) is 20.6 Å². The molecule has 166 valence electrons. The second-order valence-corrected chi connectivity index (χ2v) is 9.91. The summed E-state index contributed by atoms with van der Waals surface area (Å²) in [4.78, 5) is 33.0. The van der Waals surface area contributed by atoms with Crippen LogP contribution in [0.25, 0.3) is 22.4 Å². The van der Waals surface area contributed by atoms with Gasteiger partial charge >= 0.3 is 0 Å².